The highest BCUT2D eigenvalue weighted by Crippen LogP contribution is 2.27. The van der Waals surface area contributed by atoms with E-state index in [0.717, 1.165) is 25.8 Å². The SMILES string of the molecule is CC1CNC2CCCCCC2S(=O)(=O)C1. The molecule has 1 N–H and O–H groups in total. The summed E-state index contributed by atoms with van der Waals surface area (Å²) in [5, 5.41) is 3.34. The molecule has 2 rings (SSSR count). The van der Waals surface area contributed by atoms with E-state index < -0.39 is 9.84 Å². The van der Waals surface area contributed by atoms with E-state index in [9.17, 15) is 8.42 Å². The molecule has 1 aliphatic carbocycles. The van der Waals surface area contributed by atoms with Crippen molar-refractivity contribution in [3.63, 3.8) is 0 Å². The highest BCUT2D eigenvalue weighted by Gasteiger charge is 2.37. The third kappa shape index (κ3) is 2.53. The number of nitrogens with one attached hydrogen (secondary N) is 1. The summed E-state index contributed by atoms with van der Waals surface area (Å²) in [6.45, 7) is 2.89. The molecule has 3 atom stereocenters. The van der Waals surface area contributed by atoms with Crippen LogP contribution in [0.4, 0.5) is 0 Å². The molecule has 88 valence electrons. The van der Waals surface area contributed by atoms with Crippen LogP contribution in [0.15, 0.2) is 0 Å². The van der Waals surface area contributed by atoms with Gasteiger partial charge in [0, 0.05) is 6.04 Å². The number of sulfone groups is 1. The Morgan fingerprint density at radius 1 is 1.13 bits per heavy atom. The lowest BCUT2D eigenvalue weighted by Crippen LogP contribution is -2.41. The first-order valence-electron chi connectivity index (χ1n) is 6.04. The van der Waals surface area contributed by atoms with Crippen molar-refractivity contribution >= 4 is 9.84 Å². The van der Waals surface area contributed by atoms with E-state index >= 15 is 0 Å². The average Bonchev–Trinajstić information content (AvgIpc) is 2.42. The zero-order valence-electron chi connectivity index (χ0n) is 9.41. The van der Waals surface area contributed by atoms with Gasteiger partial charge in [0.1, 0.15) is 0 Å². The van der Waals surface area contributed by atoms with Crippen LogP contribution in [0, 0.1) is 5.92 Å². The molecule has 0 aromatic heterocycles. The summed E-state index contributed by atoms with van der Waals surface area (Å²) in [6.07, 6.45) is 5.36. The molecule has 15 heavy (non-hydrogen) atoms. The minimum atomic E-state index is -2.86. The zero-order chi connectivity index (χ0) is 10.9. The Labute approximate surface area is 92.6 Å². The fourth-order valence-corrected chi connectivity index (χ4v) is 5.29. The van der Waals surface area contributed by atoms with Crippen LogP contribution in [0.25, 0.3) is 0 Å². The summed E-state index contributed by atoms with van der Waals surface area (Å²) >= 11 is 0. The Balaban J connectivity index is 2.23. The second-order valence-corrected chi connectivity index (χ2v) is 7.39. The van der Waals surface area contributed by atoms with Crippen LogP contribution in [-0.4, -0.2) is 32.0 Å². The number of hydrogen-bond donors (Lipinski definition) is 1. The van der Waals surface area contributed by atoms with Crippen molar-refractivity contribution in [1.29, 1.82) is 0 Å². The van der Waals surface area contributed by atoms with Gasteiger partial charge in [-0.25, -0.2) is 8.42 Å². The topological polar surface area (TPSA) is 46.2 Å². The van der Waals surface area contributed by atoms with Gasteiger partial charge in [0.25, 0.3) is 0 Å². The Kier molecular flexibility index (Phi) is 3.36. The molecule has 0 aromatic carbocycles. The highest BCUT2D eigenvalue weighted by atomic mass is 32.2. The zero-order valence-corrected chi connectivity index (χ0v) is 10.2. The van der Waals surface area contributed by atoms with Gasteiger partial charge in [-0.15, -0.1) is 0 Å². The maximum Gasteiger partial charge on any atom is 0.155 e. The van der Waals surface area contributed by atoms with Crippen molar-refractivity contribution < 1.29 is 8.42 Å². The predicted molar refractivity (Wildman–Crippen MR) is 61.6 cm³/mol. The average molecular weight is 231 g/mol. The molecule has 0 amide bonds. The van der Waals surface area contributed by atoms with Gasteiger partial charge in [-0.1, -0.05) is 26.2 Å². The van der Waals surface area contributed by atoms with Crippen molar-refractivity contribution in [2.45, 2.75) is 50.3 Å². The van der Waals surface area contributed by atoms with Gasteiger partial charge in [-0.05, 0) is 25.3 Å². The molecule has 1 heterocycles. The second kappa shape index (κ2) is 4.42. The van der Waals surface area contributed by atoms with E-state index in [1.54, 1.807) is 0 Å². The van der Waals surface area contributed by atoms with E-state index in [1.165, 1.54) is 12.8 Å². The molecule has 0 radical (unpaired) electrons. The van der Waals surface area contributed by atoms with Crippen molar-refractivity contribution in [3.8, 4) is 0 Å². The number of fused-ring (bicyclic) bond motifs is 1. The van der Waals surface area contributed by atoms with Crippen LogP contribution in [0.2, 0.25) is 0 Å². The highest BCUT2D eigenvalue weighted by molar-refractivity contribution is 7.92. The maximum absolute atomic E-state index is 12.2. The normalized spacial score (nSPS) is 41.3. The van der Waals surface area contributed by atoms with Crippen LogP contribution in [0.5, 0.6) is 0 Å². The summed E-state index contributed by atoms with van der Waals surface area (Å²) in [7, 11) is -2.86. The molecule has 0 aromatic rings. The van der Waals surface area contributed by atoms with E-state index in [1.807, 2.05) is 6.92 Å². The summed E-state index contributed by atoms with van der Waals surface area (Å²) in [6, 6.07) is 0.224. The molecule has 4 heteroatoms. The van der Waals surface area contributed by atoms with Gasteiger partial charge < -0.3 is 5.32 Å². The van der Waals surface area contributed by atoms with E-state index in [4.69, 9.17) is 0 Å². The van der Waals surface area contributed by atoms with E-state index in [0.29, 0.717) is 5.75 Å². The van der Waals surface area contributed by atoms with Crippen molar-refractivity contribution in [2.24, 2.45) is 5.92 Å². The first kappa shape index (κ1) is 11.4. The van der Waals surface area contributed by atoms with Crippen LogP contribution in [0.1, 0.15) is 39.0 Å². The summed E-state index contributed by atoms with van der Waals surface area (Å²) in [5.41, 5.74) is 0. The predicted octanol–water partition coefficient (Wildman–Crippen LogP) is 1.34. The van der Waals surface area contributed by atoms with Crippen LogP contribution in [0.3, 0.4) is 0 Å². The van der Waals surface area contributed by atoms with Gasteiger partial charge in [-0.3, -0.25) is 0 Å². The van der Waals surface area contributed by atoms with Gasteiger partial charge in [-0.2, -0.15) is 0 Å². The van der Waals surface area contributed by atoms with Crippen LogP contribution < -0.4 is 5.32 Å². The summed E-state index contributed by atoms with van der Waals surface area (Å²) in [4.78, 5) is 0. The summed E-state index contributed by atoms with van der Waals surface area (Å²) in [5.74, 6) is 0.642. The Hall–Kier alpha value is -0.0900. The van der Waals surface area contributed by atoms with E-state index in [2.05, 4.69) is 5.32 Å². The standard InChI is InChI=1S/C11H21NO2S/c1-9-7-12-10-5-3-2-4-6-11(10)15(13,14)8-9/h9-12H,2-8H2,1H3. The first-order chi connectivity index (χ1) is 7.09. The van der Waals surface area contributed by atoms with Gasteiger partial charge in [0.05, 0.1) is 11.0 Å². The van der Waals surface area contributed by atoms with Crippen LogP contribution in [-0.2, 0) is 9.84 Å². The van der Waals surface area contributed by atoms with Crippen molar-refractivity contribution in [3.05, 3.63) is 0 Å². The van der Waals surface area contributed by atoms with E-state index in [-0.39, 0.29) is 17.2 Å². The summed E-state index contributed by atoms with van der Waals surface area (Å²) < 4.78 is 24.3. The molecule has 0 bridgehead atoms. The number of rotatable bonds is 0. The van der Waals surface area contributed by atoms with Crippen molar-refractivity contribution in [2.75, 3.05) is 12.3 Å². The number of hydrogen-bond acceptors (Lipinski definition) is 3. The minimum absolute atomic E-state index is 0.107. The van der Waals surface area contributed by atoms with Gasteiger partial charge in [0.2, 0.25) is 0 Å². The van der Waals surface area contributed by atoms with Crippen LogP contribution >= 0.6 is 0 Å². The molecule has 1 aliphatic heterocycles. The molecular weight excluding hydrogens is 210 g/mol. The maximum atomic E-state index is 12.2. The molecule has 0 spiro atoms. The fourth-order valence-electron chi connectivity index (χ4n) is 2.87. The molecule has 1 saturated heterocycles. The molecule has 1 saturated carbocycles. The van der Waals surface area contributed by atoms with Gasteiger partial charge in [0.15, 0.2) is 9.84 Å². The molecule has 2 aliphatic rings. The smallest absolute Gasteiger partial charge is 0.155 e. The quantitative estimate of drug-likeness (QED) is 0.684. The Bertz CT molecular complexity index is 313. The molecular formula is C11H21NO2S. The largest absolute Gasteiger partial charge is 0.312 e. The Morgan fingerprint density at radius 3 is 2.67 bits per heavy atom. The third-order valence-corrected chi connectivity index (χ3v) is 6.18. The Morgan fingerprint density at radius 2 is 1.87 bits per heavy atom. The van der Waals surface area contributed by atoms with Gasteiger partial charge >= 0.3 is 0 Å². The minimum Gasteiger partial charge on any atom is -0.312 e. The fraction of sp³-hybridized carbons (Fsp3) is 1.00. The first-order valence-corrected chi connectivity index (χ1v) is 7.76. The monoisotopic (exact) mass is 231 g/mol. The molecule has 3 nitrogen and oxygen atoms in total. The third-order valence-electron chi connectivity index (χ3n) is 3.66. The lowest BCUT2D eigenvalue weighted by Gasteiger charge is -2.22. The lowest BCUT2D eigenvalue weighted by molar-refractivity contribution is 0.444. The molecule has 3 unspecified atom stereocenters. The van der Waals surface area contributed by atoms with Crippen molar-refractivity contribution in [1.82, 2.24) is 5.32 Å². The molecule has 2 fully saturated rings. The lowest BCUT2D eigenvalue weighted by atomic mass is 10.1. The second-order valence-electron chi connectivity index (χ2n) is 5.13.